The summed E-state index contributed by atoms with van der Waals surface area (Å²) in [5.41, 5.74) is -1.28. The van der Waals surface area contributed by atoms with Crippen molar-refractivity contribution in [3.63, 3.8) is 0 Å². The largest absolute Gasteiger partial charge is 0.449 e. The summed E-state index contributed by atoms with van der Waals surface area (Å²) in [5.74, 6) is 0.403. The molecule has 0 amide bonds. The molecule has 1 heterocycles. The second kappa shape index (κ2) is 4.64. The second-order valence-corrected chi connectivity index (χ2v) is 4.17. The van der Waals surface area contributed by atoms with Crippen molar-refractivity contribution in [3.8, 4) is 23.0 Å². The van der Waals surface area contributed by atoms with Crippen LogP contribution in [0.4, 0.5) is 18.9 Å². The number of carbonyl (C=O) groups excluding carboxylic acids is 1. The number of benzene rings is 2. The van der Waals surface area contributed by atoms with E-state index in [0.717, 1.165) is 6.07 Å². The highest BCUT2D eigenvalue weighted by atomic mass is 19.4. The van der Waals surface area contributed by atoms with E-state index in [9.17, 15) is 18.0 Å². The predicted octanol–water partition coefficient (Wildman–Crippen LogP) is 4.57. The van der Waals surface area contributed by atoms with E-state index in [1.54, 1.807) is 24.3 Å². The number of halogens is 3. The van der Waals surface area contributed by atoms with E-state index >= 15 is 0 Å². The quantitative estimate of drug-likeness (QED) is 0.487. The molecule has 21 heavy (non-hydrogen) atoms. The van der Waals surface area contributed by atoms with Gasteiger partial charge in [-0.15, -0.1) is 0 Å². The number of aliphatic imine (C=N–C) groups is 1. The van der Waals surface area contributed by atoms with Crippen molar-refractivity contribution < 1.29 is 27.4 Å². The molecular weight excluding hydrogens is 287 g/mol. The molecule has 106 valence electrons. The van der Waals surface area contributed by atoms with Crippen LogP contribution in [0.15, 0.2) is 41.4 Å². The lowest BCUT2D eigenvalue weighted by atomic mass is 10.1. The standard InChI is InChI=1S/C14H6F3NO3/c15-14(16,17)8-5-9(18-7-19)13-12(6-8)20-10-3-1-2-4-11(10)21-13/h1-6H. The number of alkyl halides is 3. The van der Waals surface area contributed by atoms with Crippen molar-refractivity contribution in [1.29, 1.82) is 0 Å². The number of hydrogen-bond donors (Lipinski definition) is 0. The zero-order chi connectivity index (χ0) is 15.0. The molecule has 0 unspecified atom stereocenters. The van der Waals surface area contributed by atoms with Crippen LogP contribution in [0.25, 0.3) is 0 Å². The number of ether oxygens (including phenoxy) is 2. The predicted molar refractivity (Wildman–Crippen MR) is 65.8 cm³/mol. The van der Waals surface area contributed by atoms with Gasteiger partial charge in [0.25, 0.3) is 0 Å². The van der Waals surface area contributed by atoms with E-state index in [2.05, 4.69) is 4.99 Å². The van der Waals surface area contributed by atoms with Crippen LogP contribution < -0.4 is 9.47 Å². The molecule has 1 aliphatic heterocycles. The van der Waals surface area contributed by atoms with Crippen LogP contribution >= 0.6 is 0 Å². The molecule has 4 nitrogen and oxygen atoms in total. The normalized spacial score (nSPS) is 12.3. The van der Waals surface area contributed by atoms with Crippen molar-refractivity contribution in [2.75, 3.05) is 0 Å². The Hall–Kier alpha value is -2.79. The molecule has 0 atom stereocenters. The Labute approximate surface area is 116 Å². The van der Waals surface area contributed by atoms with Crippen molar-refractivity contribution in [2.45, 2.75) is 6.18 Å². The Morgan fingerprint density at radius 3 is 2.29 bits per heavy atom. The van der Waals surface area contributed by atoms with Crippen molar-refractivity contribution in [1.82, 2.24) is 0 Å². The molecule has 0 aliphatic carbocycles. The number of isocyanates is 1. The maximum absolute atomic E-state index is 12.8. The third-order valence-electron chi connectivity index (χ3n) is 2.81. The van der Waals surface area contributed by atoms with Crippen molar-refractivity contribution in [3.05, 3.63) is 42.0 Å². The van der Waals surface area contributed by atoms with Crippen LogP contribution in [0.1, 0.15) is 5.56 Å². The van der Waals surface area contributed by atoms with Gasteiger partial charge in [0.2, 0.25) is 6.08 Å². The summed E-state index contributed by atoms with van der Waals surface area (Å²) in [4.78, 5) is 13.7. The second-order valence-electron chi connectivity index (χ2n) is 4.17. The van der Waals surface area contributed by atoms with Gasteiger partial charge in [-0.25, -0.2) is 4.79 Å². The first-order valence-electron chi connectivity index (χ1n) is 5.77. The smallest absolute Gasteiger partial charge is 0.416 e. The SMILES string of the molecule is O=C=Nc1cc(C(F)(F)F)cc2c1Oc1ccccc1O2. The van der Waals surface area contributed by atoms with Crippen LogP contribution in [0.3, 0.4) is 0 Å². The van der Waals surface area contributed by atoms with E-state index in [1.165, 1.54) is 6.08 Å². The van der Waals surface area contributed by atoms with Gasteiger partial charge in [0.15, 0.2) is 23.0 Å². The first kappa shape index (κ1) is 13.2. The summed E-state index contributed by atoms with van der Waals surface area (Å²) in [7, 11) is 0. The lowest BCUT2D eigenvalue weighted by Gasteiger charge is -2.22. The minimum atomic E-state index is -4.59. The van der Waals surface area contributed by atoms with Crippen LogP contribution in [0.2, 0.25) is 0 Å². The monoisotopic (exact) mass is 293 g/mol. The Bertz CT molecular complexity index is 765. The topological polar surface area (TPSA) is 47.9 Å². The highest BCUT2D eigenvalue weighted by Crippen LogP contribution is 2.51. The van der Waals surface area contributed by atoms with Gasteiger partial charge in [-0.1, -0.05) is 12.1 Å². The molecule has 3 rings (SSSR count). The molecule has 0 fully saturated rings. The first-order valence-corrected chi connectivity index (χ1v) is 5.77. The lowest BCUT2D eigenvalue weighted by Crippen LogP contribution is -2.07. The maximum Gasteiger partial charge on any atom is 0.416 e. The van der Waals surface area contributed by atoms with Crippen LogP contribution in [-0.4, -0.2) is 6.08 Å². The molecule has 0 N–H and O–H groups in total. The molecule has 0 saturated heterocycles. The summed E-state index contributed by atoms with van der Waals surface area (Å²) in [6, 6.07) is 7.99. The van der Waals surface area contributed by atoms with Gasteiger partial charge in [-0.3, -0.25) is 0 Å². The number of hydrogen-bond acceptors (Lipinski definition) is 4. The maximum atomic E-state index is 12.8. The van der Waals surface area contributed by atoms with Crippen LogP contribution in [0, 0.1) is 0 Å². The van der Waals surface area contributed by atoms with E-state index in [0.29, 0.717) is 11.8 Å². The third kappa shape index (κ3) is 2.34. The summed E-state index contributed by atoms with van der Waals surface area (Å²) < 4.78 is 49.4. The fourth-order valence-corrected chi connectivity index (χ4v) is 1.91. The van der Waals surface area contributed by atoms with E-state index < -0.39 is 11.7 Å². The zero-order valence-corrected chi connectivity index (χ0v) is 10.3. The van der Waals surface area contributed by atoms with Gasteiger partial charge in [-0.2, -0.15) is 18.2 Å². The van der Waals surface area contributed by atoms with Crippen LogP contribution in [-0.2, 0) is 11.0 Å². The average molecular weight is 293 g/mol. The van der Waals surface area contributed by atoms with Gasteiger partial charge < -0.3 is 9.47 Å². The van der Waals surface area contributed by atoms with Crippen molar-refractivity contribution in [2.24, 2.45) is 4.99 Å². The summed E-state index contributed by atoms with van der Waals surface area (Å²) >= 11 is 0. The third-order valence-corrected chi connectivity index (χ3v) is 2.81. The molecule has 0 radical (unpaired) electrons. The summed E-state index contributed by atoms with van der Waals surface area (Å²) in [6.45, 7) is 0. The Morgan fingerprint density at radius 1 is 1.00 bits per heavy atom. The summed E-state index contributed by atoms with van der Waals surface area (Å²) in [5, 5.41) is 0. The minimum Gasteiger partial charge on any atom is -0.449 e. The molecular formula is C14H6F3NO3. The number of rotatable bonds is 1. The summed E-state index contributed by atoms with van der Waals surface area (Å²) in [6.07, 6.45) is -3.39. The average Bonchev–Trinajstić information content (AvgIpc) is 2.44. The molecule has 2 aromatic carbocycles. The fraction of sp³-hybridized carbons (Fsp3) is 0.0714. The Kier molecular flexibility index (Phi) is 2.92. The molecule has 0 saturated carbocycles. The first-order chi connectivity index (χ1) is 9.99. The van der Waals surface area contributed by atoms with Gasteiger partial charge >= 0.3 is 6.18 Å². The van der Waals surface area contributed by atoms with Gasteiger partial charge in [0.05, 0.1) is 5.56 Å². The molecule has 1 aliphatic rings. The number of nitrogens with zero attached hydrogens (tertiary/aromatic N) is 1. The minimum absolute atomic E-state index is 0.0509. The van der Waals surface area contributed by atoms with Crippen molar-refractivity contribution >= 4 is 11.8 Å². The lowest BCUT2D eigenvalue weighted by molar-refractivity contribution is -0.137. The van der Waals surface area contributed by atoms with E-state index in [1.807, 2.05) is 0 Å². The van der Waals surface area contributed by atoms with E-state index in [4.69, 9.17) is 9.47 Å². The molecule has 0 spiro atoms. The highest BCUT2D eigenvalue weighted by molar-refractivity contribution is 5.69. The molecule has 7 heteroatoms. The molecule has 0 aromatic heterocycles. The molecule has 0 bridgehead atoms. The Morgan fingerprint density at radius 2 is 1.67 bits per heavy atom. The zero-order valence-electron chi connectivity index (χ0n) is 10.3. The van der Waals surface area contributed by atoms with Gasteiger partial charge in [-0.05, 0) is 24.3 Å². The molecule has 2 aromatic rings. The highest BCUT2D eigenvalue weighted by Gasteiger charge is 2.34. The number of fused-ring (bicyclic) bond motifs is 2. The Balaban J connectivity index is 2.18. The van der Waals surface area contributed by atoms with Gasteiger partial charge in [0, 0.05) is 0 Å². The fourth-order valence-electron chi connectivity index (χ4n) is 1.91. The van der Waals surface area contributed by atoms with E-state index in [-0.39, 0.29) is 22.9 Å². The van der Waals surface area contributed by atoms with Gasteiger partial charge in [0.1, 0.15) is 5.69 Å². The number of para-hydroxylation sites is 2. The van der Waals surface area contributed by atoms with Crippen LogP contribution in [0.5, 0.6) is 23.0 Å².